The van der Waals surface area contributed by atoms with E-state index in [1.807, 2.05) is 68.4 Å². The summed E-state index contributed by atoms with van der Waals surface area (Å²) in [4.78, 5) is 16.8. The van der Waals surface area contributed by atoms with Crippen molar-refractivity contribution < 1.29 is 13.9 Å². The maximum absolute atomic E-state index is 12.1. The van der Waals surface area contributed by atoms with Crippen LogP contribution < -0.4 is 10.1 Å². The summed E-state index contributed by atoms with van der Waals surface area (Å²) in [6.45, 7) is 8.55. The van der Waals surface area contributed by atoms with E-state index < -0.39 is 0 Å². The van der Waals surface area contributed by atoms with Crippen molar-refractivity contribution in [2.45, 2.75) is 34.2 Å². The van der Waals surface area contributed by atoms with Gasteiger partial charge in [-0.25, -0.2) is 4.98 Å². The number of benzene rings is 3. The van der Waals surface area contributed by atoms with Crippen molar-refractivity contribution in [3.63, 3.8) is 0 Å². The minimum absolute atomic E-state index is 0.0102. The summed E-state index contributed by atoms with van der Waals surface area (Å²) in [5, 5.41) is 2.89. The molecular weight excluding hydrogens is 388 g/mol. The third-order valence-electron chi connectivity index (χ3n) is 5.38. The van der Waals surface area contributed by atoms with Crippen LogP contribution in [0.2, 0.25) is 0 Å². The maximum atomic E-state index is 12.1. The lowest BCUT2D eigenvalue weighted by molar-refractivity contribution is -0.123. The van der Waals surface area contributed by atoms with Crippen LogP contribution in [0.5, 0.6) is 5.75 Å². The van der Waals surface area contributed by atoms with E-state index in [4.69, 9.17) is 9.15 Å². The lowest BCUT2D eigenvalue weighted by atomic mass is 10.1. The Morgan fingerprint density at radius 1 is 0.935 bits per heavy atom. The van der Waals surface area contributed by atoms with Crippen LogP contribution in [0, 0.1) is 27.7 Å². The van der Waals surface area contributed by atoms with E-state index in [0.717, 1.165) is 33.5 Å². The zero-order valence-electron chi connectivity index (χ0n) is 18.3. The maximum Gasteiger partial charge on any atom is 0.258 e. The Kier molecular flexibility index (Phi) is 5.76. The van der Waals surface area contributed by atoms with Crippen molar-refractivity contribution >= 4 is 17.0 Å². The van der Waals surface area contributed by atoms with Gasteiger partial charge in [-0.3, -0.25) is 4.79 Å². The largest absolute Gasteiger partial charge is 0.484 e. The number of amides is 1. The standard InChI is InChI=1S/C26H26N2O3/c1-16-5-10-23(19(4)11-16)30-15-25(29)27-14-20-6-8-21(9-7-20)26-28-22-12-17(2)18(3)13-24(22)31-26/h5-13H,14-15H2,1-4H3,(H,27,29). The predicted molar refractivity (Wildman–Crippen MR) is 122 cm³/mol. The lowest BCUT2D eigenvalue weighted by Crippen LogP contribution is -2.28. The first-order chi connectivity index (χ1) is 14.9. The number of hydrogen-bond acceptors (Lipinski definition) is 4. The van der Waals surface area contributed by atoms with Crippen molar-refractivity contribution in [3.8, 4) is 17.2 Å². The highest BCUT2D eigenvalue weighted by Gasteiger charge is 2.10. The van der Waals surface area contributed by atoms with E-state index in [0.29, 0.717) is 12.4 Å². The fourth-order valence-electron chi connectivity index (χ4n) is 3.42. The molecule has 0 unspecified atom stereocenters. The number of rotatable bonds is 6. The minimum Gasteiger partial charge on any atom is -0.484 e. The molecule has 1 heterocycles. The fourth-order valence-corrected chi connectivity index (χ4v) is 3.42. The van der Waals surface area contributed by atoms with Gasteiger partial charge in [0.15, 0.2) is 12.2 Å². The molecule has 0 saturated heterocycles. The highest BCUT2D eigenvalue weighted by molar-refractivity contribution is 5.78. The van der Waals surface area contributed by atoms with E-state index in [2.05, 4.69) is 24.1 Å². The summed E-state index contributed by atoms with van der Waals surface area (Å²) < 4.78 is 11.6. The molecule has 5 nitrogen and oxygen atoms in total. The van der Waals surface area contributed by atoms with Gasteiger partial charge in [0.25, 0.3) is 5.91 Å². The summed E-state index contributed by atoms with van der Waals surface area (Å²) in [5.74, 6) is 1.17. The van der Waals surface area contributed by atoms with Crippen LogP contribution in [0.25, 0.3) is 22.6 Å². The molecule has 0 bridgehead atoms. The molecular formula is C26H26N2O3. The molecule has 0 aliphatic heterocycles. The topological polar surface area (TPSA) is 64.4 Å². The highest BCUT2D eigenvalue weighted by Crippen LogP contribution is 2.26. The van der Waals surface area contributed by atoms with Crippen LogP contribution in [0.3, 0.4) is 0 Å². The summed E-state index contributed by atoms with van der Waals surface area (Å²) in [7, 11) is 0. The number of nitrogens with one attached hydrogen (secondary N) is 1. The van der Waals surface area contributed by atoms with Gasteiger partial charge in [0.1, 0.15) is 11.3 Å². The van der Waals surface area contributed by atoms with Crippen LogP contribution in [0.15, 0.2) is 59.0 Å². The monoisotopic (exact) mass is 414 g/mol. The number of ether oxygens (including phenoxy) is 1. The van der Waals surface area contributed by atoms with Crippen molar-refractivity contribution in [3.05, 3.63) is 82.4 Å². The van der Waals surface area contributed by atoms with Gasteiger partial charge >= 0.3 is 0 Å². The van der Waals surface area contributed by atoms with Crippen molar-refractivity contribution in [1.82, 2.24) is 10.3 Å². The van der Waals surface area contributed by atoms with E-state index in [-0.39, 0.29) is 12.5 Å². The number of nitrogens with zero attached hydrogens (tertiary/aromatic N) is 1. The Morgan fingerprint density at radius 3 is 2.42 bits per heavy atom. The van der Waals surface area contributed by atoms with Crippen LogP contribution >= 0.6 is 0 Å². The average Bonchev–Trinajstić information content (AvgIpc) is 3.15. The summed E-state index contributed by atoms with van der Waals surface area (Å²) in [6.07, 6.45) is 0. The third-order valence-corrected chi connectivity index (χ3v) is 5.38. The number of fused-ring (bicyclic) bond motifs is 1. The summed E-state index contributed by atoms with van der Waals surface area (Å²) >= 11 is 0. The molecule has 4 rings (SSSR count). The quantitative estimate of drug-likeness (QED) is 0.457. The minimum atomic E-state index is -0.159. The molecule has 5 heteroatoms. The molecule has 1 aromatic heterocycles. The molecule has 0 saturated carbocycles. The first kappa shape index (κ1) is 20.7. The van der Waals surface area contributed by atoms with Gasteiger partial charge in [0.05, 0.1) is 0 Å². The Bertz CT molecular complexity index is 1200. The van der Waals surface area contributed by atoms with E-state index in [9.17, 15) is 4.79 Å². The van der Waals surface area contributed by atoms with Crippen molar-refractivity contribution in [1.29, 1.82) is 0 Å². The fraction of sp³-hybridized carbons (Fsp3) is 0.231. The third kappa shape index (κ3) is 4.77. The summed E-state index contributed by atoms with van der Waals surface area (Å²) in [6, 6.07) is 17.8. The lowest BCUT2D eigenvalue weighted by Gasteiger charge is -2.10. The zero-order chi connectivity index (χ0) is 22.0. The second kappa shape index (κ2) is 8.64. The SMILES string of the molecule is Cc1ccc(OCC(=O)NCc2ccc(-c3nc4cc(C)c(C)cc4o3)cc2)c(C)c1. The number of hydrogen-bond donors (Lipinski definition) is 1. The van der Waals surface area contributed by atoms with Gasteiger partial charge in [-0.2, -0.15) is 0 Å². The van der Waals surface area contributed by atoms with Crippen molar-refractivity contribution in [2.75, 3.05) is 6.61 Å². The number of carbonyl (C=O) groups is 1. The molecule has 158 valence electrons. The second-order valence-electron chi connectivity index (χ2n) is 7.95. The van der Waals surface area contributed by atoms with Crippen LogP contribution in [0.4, 0.5) is 0 Å². The molecule has 3 aromatic carbocycles. The molecule has 0 aliphatic carbocycles. The Labute approximate surface area is 182 Å². The van der Waals surface area contributed by atoms with Crippen LogP contribution in [0.1, 0.15) is 27.8 Å². The predicted octanol–water partition coefficient (Wildman–Crippen LogP) is 5.42. The van der Waals surface area contributed by atoms with E-state index in [1.165, 1.54) is 16.7 Å². The molecule has 1 amide bonds. The first-order valence-corrected chi connectivity index (χ1v) is 10.3. The highest BCUT2D eigenvalue weighted by atomic mass is 16.5. The molecule has 0 aliphatic rings. The van der Waals surface area contributed by atoms with Gasteiger partial charge in [-0.15, -0.1) is 0 Å². The van der Waals surface area contributed by atoms with Gasteiger partial charge in [0.2, 0.25) is 5.89 Å². The Morgan fingerprint density at radius 2 is 1.68 bits per heavy atom. The Balaban J connectivity index is 1.34. The average molecular weight is 415 g/mol. The smallest absolute Gasteiger partial charge is 0.258 e. The number of aryl methyl sites for hydroxylation is 4. The second-order valence-corrected chi connectivity index (χ2v) is 7.95. The number of oxazole rings is 1. The molecule has 0 spiro atoms. The zero-order valence-corrected chi connectivity index (χ0v) is 18.3. The Hall–Kier alpha value is -3.60. The van der Waals surface area contributed by atoms with E-state index in [1.54, 1.807) is 0 Å². The number of aromatic nitrogens is 1. The van der Waals surface area contributed by atoms with Crippen LogP contribution in [-0.2, 0) is 11.3 Å². The first-order valence-electron chi connectivity index (χ1n) is 10.3. The van der Waals surface area contributed by atoms with Crippen LogP contribution in [-0.4, -0.2) is 17.5 Å². The van der Waals surface area contributed by atoms with Crippen molar-refractivity contribution in [2.24, 2.45) is 0 Å². The van der Waals surface area contributed by atoms with Gasteiger partial charge in [-0.1, -0.05) is 29.8 Å². The summed E-state index contributed by atoms with van der Waals surface area (Å²) in [5.41, 5.74) is 8.11. The normalized spacial score (nSPS) is 11.0. The molecule has 31 heavy (non-hydrogen) atoms. The molecule has 0 fully saturated rings. The van der Waals surface area contributed by atoms with Gasteiger partial charge < -0.3 is 14.5 Å². The van der Waals surface area contributed by atoms with Gasteiger partial charge in [0, 0.05) is 12.1 Å². The number of carbonyl (C=O) groups excluding carboxylic acids is 1. The molecule has 4 aromatic rings. The molecule has 1 N–H and O–H groups in total. The molecule has 0 atom stereocenters. The van der Waals surface area contributed by atoms with E-state index >= 15 is 0 Å². The molecule has 0 radical (unpaired) electrons. The van der Waals surface area contributed by atoms with Gasteiger partial charge in [-0.05, 0) is 80.3 Å².